The van der Waals surface area contributed by atoms with Crippen molar-refractivity contribution in [3.8, 4) is 0 Å². The summed E-state index contributed by atoms with van der Waals surface area (Å²) in [6, 6.07) is -0.0496. The van der Waals surface area contributed by atoms with Gasteiger partial charge in [-0.1, -0.05) is 0 Å². The SMILES string of the molecule is Cl.O=C(NCC1CCCN(C(=O)CN2CCCCC2=O)C1)C1CCCN1. The first-order chi connectivity index (χ1) is 12.1. The predicted molar refractivity (Wildman–Crippen MR) is 101 cm³/mol. The third-order valence-electron chi connectivity index (χ3n) is 5.56. The predicted octanol–water partition coefficient (Wildman–Crippen LogP) is 0.528. The lowest BCUT2D eigenvalue weighted by Gasteiger charge is -2.35. The number of piperidine rings is 2. The van der Waals surface area contributed by atoms with Gasteiger partial charge in [-0.25, -0.2) is 0 Å². The lowest BCUT2D eigenvalue weighted by molar-refractivity contribution is -0.142. The summed E-state index contributed by atoms with van der Waals surface area (Å²) in [6.45, 7) is 3.90. The molecule has 0 aromatic rings. The van der Waals surface area contributed by atoms with Crippen molar-refractivity contribution < 1.29 is 14.4 Å². The third kappa shape index (κ3) is 5.58. The summed E-state index contributed by atoms with van der Waals surface area (Å²) in [5.41, 5.74) is 0. The van der Waals surface area contributed by atoms with Crippen LogP contribution in [-0.2, 0) is 14.4 Å². The minimum Gasteiger partial charge on any atom is -0.354 e. The molecular weight excluding hydrogens is 356 g/mol. The van der Waals surface area contributed by atoms with Crippen molar-refractivity contribution in [1.82, 2.24) is 20.4 Å². The second kappa shape index (κ2) is 10.1. The van der Waals surface area contributed by atoms with Gasteiger partial charge in [0.05, 0.1) is 12.6 Å². The molecular formula is C18H31ClN4O3. The number of nitrogens with one attached hydrogen (secondary N) is 2. The lowest BCUT2D eigenvalue weighted by Crippen LogP contribution is -2.50. The summed E-state index contributed by atoms with van der Waals surface area (Å²) in [5.74, 6) is 0.535. The molecule has 3 rings (SSSR count). The van der Waals surface area contributed by atoms with Gasteiger partial charge in [0.2, 0.25) is 17.7 Å². The maximum atomic E-state index is 12.5. The normalized spacial score (nSPS) is 26.4. The highest BCUT2D eigenvalue weighted by Gasteiger charge is 2.28. The van der Waals surface area contributed by atoms with Gasteiger partial charge in [0.15, 0.2) is 0 Å². The van der Waals surface area contributed by atoms with Crippen LogP contribution >= 0.6 is 12.4 Å². The molecule has 7 nitrogen and oxygen atoms in total. The van der Waals surface area contributed by atoms with E-state index in [-0.39, 0.29) is 42.7 Å². The number of hydrogen-bond donors (Lipinski definition) is 2. The summed E-state index contributed by atoms with van der Waals surface area (Å²) in [5, 5.41) is 6.24. The van der Waals surface area contributed by atoms with E-state index in [2.05, 4.69) is 10.6 Å². The van der Waals surface area contributed by atoms with E-state index in [1.165, 1.54) is 0 Å². The first kappa shape index (κ1) is 21.0. The van der Waals surface area contributed by atoms with Crippen molar-refractivity contribution in [3.05, 3.63) is 0 Å². The Morgan fingerprint density at radius 3 is 2.69 bits per heavy atom. The van der Waals surface area contributed by atoms with E-state index in [9.17, 15) is 14.4 Å². The molecule has 3 amide bonds. The molecule has 148 valence electrons. The summed E-state index contributed by atoms with van der Waals surface area (Å²) in [4.78, 5) is 40.1. The van der Waals surface area contributed by atoms with E-state index in [1.807, 2.05) is 4.90 Å². The number of amides is 3. The highest BCUT2D eigenvalue weighted by atomic mass is 35.5. The molecule has 0 spiro atoms. The summed E-state index contributed by atoms with van der Waals surface area (Å²) >= 11 is 0. The number of carbonyl (C=O) groups is 3. The molecule has 0 bridgehead atoms. The summed E-state index contributed by atoms with van der Waals surface area (Å²) in [7, 11) is 0. The van der Waals surface area contributed by atoms with E-state index < -0.39 is 0 Å². The maximum Gasteiger partial charge on any atom is 0.242 e. The van der Waals surface area contributed by atoms with Crippen LogP contribution in [0.3, 0.4) is 0 Å². The highest BCUT2D eigenvalue weighted by Crippen LogP contribution is 2.17. The Kier molecular flexibility index (Phi) is 8.15. The zero-order valence-corrected chi connectivity index (χ0v) is 16.2. The second-order valence-electron chi connectivity index (χ2n) is 7.51. The average molecular weight is 387 g/mol. The molecule has 2 atom stereocenters. The molecule has 0 aromatic carbocycles. The van der Waals surface area contributed by atoms with Gasteiger partial charge in [-0.3, -0.25) is 14.4 Å². The van der Waals surface area contributed by atoms with Crippen LogP contribution < -0.4 is 10.6 Å². The fourth-order valence-corrected chi connectivity index (χ4v) is 4.03. The smallest absolute Gasteiger partial charge is 0.242 e. The van der Waals surface area contributed by atoms with Crippen LogP contribution in [0, 0.1) is 5.92 Å². The van der Waals surface area contributed by atoms with Gasteiger partial charge < -0.3 is 20.4 Å². The van der Waals surface area contributed by atoms with Crippen LogP contribution in [0.25, 0.3) is 0 Å². The van der Waals surface area contributed by atoms with Crippen molar-refractivity contribution in [2.24, 2.45) is 5.92 Å². The Hall–Kier alpha value is -1.34. The van der Waals surface area contributed by atoms with E-state index in [1.54, 1.807) is 4.90 Å². The van der Waals surface area contributed by atoms with Gasteiger partial charge in [0, 0.05) is 32.6 Å². The van der Waals surface area contributed by atoms with Gasteiger partial charge >= 0.3 is 0 Å². The van der Waals surface area contributed by atoms with E-state index in [0.717, 1.165) is 51.6 Å². The number of rotatable bonds is 5. The van der Waals surface area contributed by atoms with Gasteiger partial charge in [-0.05, 0) is 51.0 Å². The van der Waals surface area contributed by atoms with E-state index >= 15 is 0 Å². The third-order valence-corrected chi connectivity index (χ3v) is 5.56. The standard InChI is InChI=1S/C18H30N4O3.ClH/c23-16-7-1-2-9-22(16)13-17(24)21-10-4-5-14(12-21)11-20-18(25)15-6-3-8-19-15;/h14-15,19H,1-13H2,(H,20,25);1H. The minimum absolute atomic E-state index is 0. The molecule has 3 fully saturated rings. The fraction of sp³-hybridized carbons (Fsp3) is 0.833. The summed E-state index contributed by atoms with van der Waals surface area (Å²) < 4.78 is 0. The number of nitrogens with zero attached hydrogens (tertiary/aromatic N) is 2. The van der Waals surface area contributed by atoms with Crippen LogP contribution in [0.5, 0.6) is 0 Å². The molecule has 3 saturated heterocycles. The Morgan fingerprint density at radius 1 is 1.12 bits per heavy atom. The zero-order valence-electron chi connectivity index (χ0n) is 15.4. The van der Waals surface area contributed by atoms with E-state index in [4.69, 9.17) is 0 Å². The van der Waals surface area contributed by atoms with Crippen LogP contribution in [0.15, 0.2) is 0 Å². The molecule has 8 heteroatoms. The lowest BCUT2D eigenvalue weighted by atomic mass is 9.97. The zero-order chi connectivity index (χ0) is 17.6. The number of hydrogen-bond acceptors (Lipinski definition) is 4. The Labute approximate surface area is 161 Å². The van der Waals surface area contributed by atoms with Gasteiger partial charge in [-0.15, -0.1) is 12.4 Å². The van der Waals surface area contributed by atoms with Crippen molar-refractivity contribution in [3.63, 3.8) is 0 Å². The van der Waals surface area contributed by atoms with Crippen LogP contribution in [-0.4, -0.2) is 72.8 Å². The Morgan fingerprint density at radius 2 is 1.96 bits per heavy atom. The van der Waals surface area contributed by atoms with Crippen LogP contribution in [0.4, 0.5) is 0 Å². The molecule has 0 saturated carbocycles. The van der Waals surface area contributed by atoms with Gasteiger partial charge in [-0.2, -0.15) is 0 Å². The summed E-state index contributed by atoms with van der Waals surface area (Å²) in [6.07, 6.45) is 6.45. The number of carbonyl (C=O) groups excluding carboxylic acids is 3. The molecule has 3 aliphatic heterocycles. The first-order valence-corrected chi connectivity index (χ1v) is 9.70. The molecule has 26 heavy (non-hydrogen) atoms. The monoisotopic (exact) mass is 386 g/mol. The van der Waals surface area contributed by atoms with Crippen molar-refractivity contribution >= 4 is 30.1 Å². The minimum atomic E-state index is -0.0496. The molecule has 0 aromatic heterocycles. The molecule has 0 aliphatic carbocycles. The topological polar surface area (TPSA) is 81.8 Å². The van der Waals surface area contributed by atoms with Gasteiger partial charge in [0.1, 0.15) is 0 Å². The fourth-order valence-electron chi connectivity index (χ4n) is 4.03. The van der Waals surface area contributed by atoms with Gasteiger partial charge in [0.25, 0.3) is 0 Å². The molecule has 3 heterocycles. The van der Waals surface area contributed by atoms with E-state index in [0.29, 0.717) is 32.0 Å². The quantitative estimate of drug-likeness (QED) is 0.722. The average Bonchev–Trinajstić information content (AvgIpc) is 3.16. The Balaban J connectivity index is 0.00000243. The molecule has 0 radical (unpaired) electrons. The maximum absolute atomic E-state index is 12.5. The first-order valence-electron chi connectivity index (χ1n) is 9.70. The Bertz CT molecular complexity index is 511. The molecule has 3 aliphatic rings. The van der Waals surface area contributed by atoms with Crippen LogP contribution in [0.1, 0.15) is 44.9 Å². The second-order valence-corrected chi connectivity index (χ2v) is 7.51. The largest absolute Gasteiger partial charge is 0.354 e. The van der Waals surface area contributed by atoms with Crippen LogP contribution in [0.2, 0.25) is 0 Å². The van der Waals surface area contributed by atoms with Crippen molar-refractivity contribution in [2.75, 3.05) is 39.3 Å². The highest BCUT2D eigenvalue weighted by molar-refractivity contribution is 5.86. The molecule has 2 unspecified atom stereocenters. The molecule has 2 N–H and O–H groups in total. The van der Waals surface area contributed by atoms with Crippen molar-refractivity contribution in [1.29, 1.82) is 0 Å². The number of likely N-dealkylation sites (tertiary alicyclic amines) is 2. The van der Waals surface area contributed by atoms with Crippen molar-refractivity contribution in [2.45, 2.75) is 51.0 Å². The number of halogens is 1.